The van der Waals surface area contributed by atoms with Gasteiger partial charge in [-0.3, -0.25) is 0 Å². The molecular weight excluding hydrogens is 545 g/mol. The minimum atomic E-state index is -10.7. The Labute approximate surface area is 239 Å². The molecule has 0 aliphatic heterocycles. The van der Waals surface area contributed by atoms with Crippen LogP contribution in [-0.2, 0) is 13.1 Å². The normalized spacial score (nSPS) is 13.6. The summed E-state index contributed by atoms with van der Waals surface area (Å²) in [5.74, 6) is 0. The second kappa shape index (κ2) is 18.3. The van der Waals surface area contributed by atoms with Crippen LogP contribution in [0.1, 0.15) is 142 Å². The number of benzene rings is 1. The van der Waals surface area contributed by atoms with Gasteiger partial charge in [-0.2, -0.15) is 0 Å². The molecule has 0 aliphatic carbocycles. The van der Waals surface area contributed by atoms with Crippen LogP contribution in [0.4, 0.5) is 25.2 Å². The Kier molecular flexibility index (Phi) is 16.8. The van der Waals surface area contributed by atoms with Crippen molar-refractivity contribution < 1.29 is 29.7 Å². The third kappa shape index (κ3) is 22.4. The molecule has 236 valence electrons. The molecule has 2 aromatic rings. The molecule has 1 aromatic heterocycles. The van der Waals surface area contributed by atoms with Gasteiger partial charge in [-0.05, 0) is 37.8 Å². The zero-order valence-corrected chi connectivity index (χ0v) is 25.9. The molecule has 0 unspecified atom stereocenters. The first-order chi connectivity index (χ1) is 18.8. The predicted octanol–water partition coefficient (Wildman–Crippen LogP) is 13.2. The van der Waals surface area contributed by atoms with Gasteiger partial charge in [-0.1, -0.05) is 129 Å². The summed E-state index contributed by atoms with van der Waals surface area (Å²) in [5.41, 5.74) is 2.83. The third-order valence-electron chi connectivity index (χ3n) is 7.28. The van der Waals surface area contributed by atoms with E-state index in [1.807, 2.05) is 0 Å². The number of imidazole rings is 1. The standard InChI is InChI=1S/C31H55N2.F6P/c1-3-5-7-9-11-13-15-17-19-23-27-32-29-33(31-26-22-21-25-30(31)32)28-24-20-18-16-14-12-10-8-6-4-2;1-7(2,3,4,5)6/h21-22,25-26,29H,3-20,23-24,27-28H2,1-2H3;/q+1;-1. The quantitative estimate of drug-likeness (QED) is 0.0550. The molecule has 0 atom stereocenters. The Hall–Kier alpha value is -1.30. The number of hydrogen-bond donors (Lipinski definition) is 0. The van der Waals surface area contributed by atoms with Crippen molar-refractivity contribution in [3.8, 4) is 0 Å². The Morgan fingerprint density at radius 3 is 1.38 bits per heavy atom. The number of unbranched alkanes of at least 4 members (excludes halogenated alkanes) is 18. The summed E-state index contributed by atoms with van der Waals surface area (Å²) < 4.78 is 64.2. The molecule has 0 spiro atoms. The zero-order valence-electron chi connectivity index (χ0n) is 25.1. The molecule has 0 fully saturated rings. The number of fused-ring (bicyclic) bond motifs is 1. The van der Waals surface area contributed by atoms with Crippen LogP contribution in [0.5, 0.6) is 0 Å². The van der Waals surface area contributed by atoms with Crippen molar-refractivity contribution in [3.63, 3.8) is 0 Å². The topological polar surface area (TPSA) is 8.81 Å². The van der Waals surface area contributed by atoms with Crippen LogP contribution in [0.2, 0.25) is 0 Å². The fourth-order valence-corrected chi connectivity index (χ4v) is 5.14. The van der Waals surface area contributed by atoms with Gasteiger partial charge in [-0.15, -0.1) is 0 Å². The van der Waals surface area contributed by atoms with Crippen molar-refractivity contribution in [1.82, 2.24) is 4.57 Å². The molecule has 0 aliphatic rings. The van der Waals surface area contributed by atoms with Crippen LogP contribution < -0.4 is 4.57 Å². The van der Waals surface area contributed by atoms with E-state index in [9.17, 15) is 25.2 Å². The molecule has 2 rings (SSSR count). The third-order valence-corrected chi connectivity index (χ3v) is 7.28. The average molecular weight is 601 g/mol. The molecule has 0 saturated heterocycles. The molecule has 1 aromatic carbocycles. The van der Waals surface area contributed by atoms with E-state index < -0.39 is 7.81 Å². The second-order valence-electron chi connectivity index (χ2n) is 11.3. The zero-order chi connectivity index (χ0) is 29.8. The Morgan fingerprint density at radius 1 is 0.550 bits per heavy atom. The Bertz CT molecular complexity index is 842. The number of para-hydroxylation sites is 2. The van der Waals surface area contributed by atoms with Crippen LogP contribution in [0.25, 0.3) is 11.0 Å². The summed E-state index contributed by atoms with van der Waals surface area (Å²) in [6.07, 6.45) is 30.5. The van der Waals surface area contributed by atoms with E-state index in [1.54, 1.807) is 0 Å². The van der Waals surface area contributed by atoms with Crippen LogP contribution in [0.15, 0.2) is 30.6 Å². The van der Waals surface area contributed by atoms with Crippen molar-refractivity contribution in [1.29, 1.82) is 0 Å². The van der Waals surface area contributed by atoms with Gasteiger partial charge in [0.25, 0.3) is 0 Å². The molecule has 0 radical (unpaired) electrons. The maximum atomic E-state index is 9.87. The number of aromatic nitrogens is 2. The summed E-state index contributed by atoms with van der Waals surface area (Å²) in [4.78, 5) is 0. The maximum absolute atomic E-state index is 10.7. The van der Waals surface area contributed by atoms with Crippen LogP contribution >= 0.6 is 7.81 Å². The Balaban J connectivity index is 0.00000101. The number of halogens is 6. The van der Waals surface area contributed by atoms with E-state index in [0.717, 1.165) is 0 Å². The van der Waals surface area contributed by atoms with Crippen LogP contribution in [0, 0.1) is 0 Å². The summed E-state index contributed by atoms with van der Waals surface area (Å²) in [5, 5.41) is 0. The summed E-state index contributed by atoms with van der Waals surface area (Å²) >= 11 is 0. The average Bonchev–Trinajstić information content (AvgIpc) is 3.22. The molecule has 2 nitrogen and oxygen atoms in total. The first kappa shape index (κ1) is 36.7. The fraction of sp³-hybridized carbons (Fsp3) is 0.774. The number of nitrogens with zero attached hydrogens (tertiary/aromatic N) is 2. The Morgan fingerprint density at radius 2 is 0.925 bits per heavy atom. The molecule has 40 heavy (non-hydrogen) atoms. The fourth-order valence-electron chi connectivity index (χ4n) is 5.14. The monoisotopic (exact) mass is 600 g/mol. The van der Waals surface area contributed by atoms with Gasteiger partial charge in [-0.25, -0.2) is 9.13 Å². The number of hydrogen-bond acceptors (Lipinski definition) is 0. The number of rotatable bonds is 22. The van der Waals surface area contributed by atoms with E-state index in [0.29, 0.717) is 0 Å². The number of aryl methyl sites for hydroxylation is 2. The van der Waals surface area contributed by atoms with Crippen LogP contribution in [-0.4, -0.2) is 4.57 Å². The SMILES string of the molecule is CCCCCCCCCCCCn1c[n+](CCCCCCCCCCCC)c2ccccc21.F[P-](F)(F)(F)(F)F. The van der Waals surface area contributed by atoms with Gasteiger partial charge in [0.05, 0.1) is 13.1 Å². The second-order valence-corrected chi connectivity index (χ2v) is 13.2. The molecule has 0 bridgehead atoms. The van der Waals surface area contributed by atoms with Crippen molar-refractivity contribution in [2.75, 3.05) is 0 Å². The summed E-state index contributed by atoms with van der Waals surface area (Å²) in [6, 6.07) is 9.01. The molecule has 0 N–H and O–H groups in total. The van der Waals surface area contributed by atoms with Crippen LogP contribution in [0.3, 0.4) is 0 Å². The van der Waals surface area contributed by atoms with Crippen molar-refractivity contribution in [3.05, 3.63) is 30.6 Å². The van der Waals surface area contributed by atoms with Gasteiger partial charge in [0.15, 0.2) is 11.0 Å². The van der Waals surface area contributed by atoms with Crippen molar-refractivity contribution >= 4 is 18.8 Å². The summed E-state index contributed by atoms with van der Waals surface area (Å²) in [6.45, 7) is 6.94. The van der Waals surface area contributed by atoms with E-state index in [1.165, 1.54) is 153 Å². The van der Waals surface area contributed by atoms with E-state index in [-0.39, 0.29) is 0 Å². The summed E-state index contributed by atoms with van der Waals surface area (Å²) in [7, 11) is -10.7. The van der Waals surface area contributed by atoms with Gasteiger partial charge in [0.2, 0.25) is 6.33 Å². The molecule has 9 heteroatoms. The molecule has 0 amide bonds. The van der Waals surface area contributed by atoms with Gasteiger partial charge in [0, 0.05) is 0 Å². The predicted molar refractivity (Wildman–Crippen MR) is 159 cm³/mol. The first-order valence-electron chi connectivity index (χ1n) is 15.9. The van der Waals surface area contributed by atoms with Crippen molar-refractivity contribution in [2.24, 2.45) is 0 Å². The minimum absolute atomic E-state index is 1.17. The first-order valence-corrected chi connectivity index (χ1v) is 17.9. The van der Waals surface area contributed by atoms with Gasteiger partial charge >= 0.3 is 33.0 Å². The van der Waals surface area contributed by atoms with E-state index >= 15 is 0 Å². The van der Waals surface area contributed by atoms with E-state index in [4.69, 9.17) is 0 Å². The van der Waals surface area contributed by atoms with E-state index in [2.05, 4.69) is 53.6 Å². The molecule has 0 saturated carbocycles. The van der Waals surface area contributed by atoms with Crippen molar-refractivity contribution in [2.45, 2.75) is 155 Å². The molecular formula is C31H55F6N2P. The molecule has 1 heterocycles. The van der Waals surface area contributed by atoms with Gasteiger partial charge in [0.1, 0.15) is 0 Å². The van der Waals surface area contributed by atoms with Gasteiger partial charge < -0.3 is 0 Å².